The van der Waals surface area contributed by atoms with Crippen LogP contribution < -0.4 is 4.90 Å². The SMILES string of the molecule is Cc1ccc(-c2noc(C3CC(=O)N(c4ccc(F)c(Cl)c4)C3)n2)c(C)c1. The Labute approximate surface area is 160 Å². The quantitative estimate of drug-likeness (QED) is 0.657. The number of halogens is 2. The molecule has 5 nitrogen and oxygen atoms in total. The smallest absolute Gasteiger partial charge is 0.232 e. The van der Waals surface area contributed by atoms with Crippen LogP contribution in [0.3, 0.4) is 0 Å². The molecule has 4 rings (SSSR count). The number of aromatic nitrogens is 2. The molecular formula is C20H17ClFN3O2. The van der Waals surface area contributed by atoms with Gasteiger partial charge < -0.3 is 9.42 Å². The van der Waals surface area contributed by atoms with Gasteiger partial charge in [0.2, 0.25) is 17.6 Å². The molecule has 2 aromatic carbocycles. The van der Waals surface area contributed by atoms with Gasteiger partial charge in [-0.3, -0.25) is 4.79 Å². The van der Waals surface area contributed by atoms with Gasteiger partial charge in [0.25, 0.3) is 0 Å². The lowest BCUT2D eigenvalue weighted by Gasteiger charge is -2.16. The molecule has 1 aliphatic rings. The van der Waals surface area contributed by atoms with Crippen LogP contribution in [0.15, 0.2) is 40.9 Å². The van der Waals surface area contributed by atoms with E-state index in [9.17, 15) is 9.18 Å². The van der Waals surface area contributed by atoms with Crippen molar-refractivity contribution >= 4 is 23.2 Å². The summed E-state index contributed by atoms with van der Waals surface area (Å²) in [5.41, 5.74) is 3.69. The maximum Gasteiger partial charge on any atom is 0.232 e. The van der Waals surface area contributed by atoms with E-state index in [0.717, 1.165) is 16.7 Å². The Morgan fingerprint density at radius 2 is 2.04 bits per heavy atom. The third-order valence-corrected chi connectivity index (χ3v) is 5.04. The van der Waals surface area contributed by atoms with Gasteiger partial charge in [-0.25, -0.2) is 4.39 Å². The van der Waals surface area contributed by atoms with Gasteiger partial charge in [-0.15, -0.1) is 0 Å². The largest absolute Gasteiger partial charge is 0.339 e. The molecule has 0 saturated carbocycles. The fourth-order valence-corrected chi connectivity index (χ4v) is 3.53. The van der Waals surface area contributed by atoms with E-state index in [1.54, 1.807) is 4.90 Å². The van der Waals surface area contributed by atoms with Crippen molar-refractivity contribution < 1.29 is 13.7 Å². The third kappa shape index (κ3) is 3.32. The molecule has 0 aliphatic carbocycles. The van der Waals surface area contributed by atoms with Crippen molar-refractivity contribution in [1.82, 2.24) is 10.1 Å². The van der Waals surface area contributed by atoms with Crippen molar-refractivity contribution in [1.29, 1.82) is 0 Å². The normalized spacial score (nSPS) is 17.0. The number of aryl methyl sites for hydroxylation is 2. The number of hydrogen-bond acceptors (Lipinski definition) is 4. The number of carbonyl (C=O) groups excluding carboxylic acids is 1. The van der Waals surface area contributed by atoms with Gasteiger partial charge in [-0.05, 0) is 37.6 Å². The summed E-state index contributed by atoms with van der Waals surface area (Å²) < 4.78 is 18.8. The second-order valence-corrected chi connectivity index (χ2v) is 7.19. The molecule has 0 radical (unpaired) electrons. The van der Waals surface area contributed by atoms with Crippen molar-refractivity contribution in [2.45, 2.75) is 26.2 Å². The summed E-state index contributed by atoms with van der Waals surface area (Å²) in [6.45, 7) is 4.41. The lowest BCUT2D eigenvalue weighted by Crippen LogP contribution is -2.24. The Morgan fingerprint density at radius 3 is 2.78 bits per heavy atom. The number of nitrogens with zero attached hydrogens (tertiary/aromatic N) is 3. The molecule has 1 unspecified atom stereocenters. The lowest BCUT2D eigenvalue weighted by molar-refractivity contribution is -0.117. The predicted octanol–water partition coefficient (Wildman–Crippen LogP) is 4.67. The van der Waals surface area contributed by atoms with Gasteiger partial charge in [0, 0.05) is 24.2 Å². The molecule has 1 atom stereocenters. The third-order valence-electron chi connectivity index (χ3n) is 4.75. The molecule has 1 saturated heterocycles. The van der Waals surface area contributed by atoms with Crippen LogP contribution in [-0.2, 0) is 4.79 Å². The van der Waals surface area contributed by atoms with Crippen LogP contribution in [0.1, 0.15) is 29.4 Å². The molecule has 0 bridgehead atoms. The van der Waals surface area contributed by atoms with Gasteiger partial charge in [0.05, 0.1) is 10.9 Å². The van der Waals surface area contributed by atoms with Crippen LogP contribution in [0, 0.1) is 19.7 Å². The molecule has 1 aromatic heterocycles. The van der Waals surface area contributed by atoms with Crippen LogP contribution in [0.4, 0.5) is 10.1 Å². The first-order valence-corrected chi connectivity index (χ1v) is 8.97. The zero-order valence-electron chi connectivity index (χ0n) is 14.9. The summed E-state index contributed by atoms with van der Waals surface area (Å²) >= 11 is 5.84. The van der Waals surface area contributed by atoms with E-state index in [1.807, 2.05) is 26.0 Å². The summed E-state index contributed by atoms with van der Waals surface area (Å²) in [7, 11) is 0. The van der Waals surface area contributed by atoms with Gasteiger partial charge in [-0.1, -0.05) is 40.5 Å². The Bertz CT molecular complexity index is 1030. The topological polar surface area (TPSA) is 59.2 Å². The maximum atomic E-state index is 13.4. The van der Waals surface area contributed by atoms with E-state index in [-0.39, 0.29) is 23.3 Å². The van der Waals surface area contributed by atoms with Crippen LogP contribution in [0.2, 0.25) is 5.02 Å². The first-order chi connectivity index (χ1) is 12.9. The minimum Gasteiger partial charge on any atom is -0.339 e. The maximum absolute atomic E-state index is 13.4. The fourth-order valence-electron chi connectivity index (χ4n) is 3.35. The highest BCUT2D eigenvalue weighted by atomic mass is 35.5. The van der Waals surface area contributed by atoms with Crippen molar-refractivity contribution in [3.63, 3.8) is 0 Å². The summed E-state index contributed by atoms with van der Waals surface area (Å²) in [6.07, 6.45) is 0.253. The minimum absolute atomic E-state index is 0.0151. The second-order valence-electron chi connectivity index (χ2n) is 6.78. The molecule has 7 heteroatoms. The van der Waals surface area contributed by atoms with E-state index >= 15 is 0 Å². The number of rotatable bonds is 3. The number of carbonyl (C=O) groups is 1. The van der Waals surface area contributed by atoms with E-state index in [2.05, 4.69) is 16.2 Å². The molecule has 0 N–H and O–H groups in total. The molecular weight excluding hydrogens is 369 g/mol. The number of benzene rings is 2. The van der Waals surface area contributed by atoms with E-state index < -0.39 is 5.82 Å². The average molecular weight is 386 g/mol. The molecule has 0 spiro atoms. The van der Waals surface area contributed by atoms with E-state index in [0.29, 0.717) is 23.9 Å². The fraction of sp³-hybridized carbons (Fsp3) is 0.250. The van der Waals surface area contributed by atoms with Gasteiger partial charge in [0.15, 0.2) is 0 Å². The zero-order chi connectivity index (χ0) is 19.1. The minimum atomic E-state index is -0.515. The monoisotopic (exact) mass is 385 g/mol. The van der Waals surface area contributed by atoms with Crippen molar-refractivity contribution in [2.75, 3.05) is 11.4 Å². The number of hydrogen-bond donors (Lipinski definition) is 0. The molecule has 27 heavy (non-hydrogen) atoms. The Morgan fingerprint density at radius 1 is 1.22 bits per heavy atom. The van der Waals surface area contributed by atoms with Gasteiger partial charge >= 0.3 is 0 Å². The van der Waals surface area contributed by atoms with Crippen LogP contribution in [0.25, 0.3) is 11.4 Å². The second kappa shape index (κ2) is 6.78. The molecule has 1 fully saturated rings. The molecule has 1 aliphatic heterocycles. The summed E-state index contributed by atoms with van der Waals surface area (Å²) in [6, 6.07) is 10.3. The van der Waals surface area contributed by atoms with Crippen molar-refractivity contribution in [2.24, 2.45) is 0 Å². The highest BCUT2D eigenvalue weighted by Gasteiger charge is 2.35. The highest BCUT2D eigenvalue weighted by Crippen LogP contribution is 2.33. The van der Waals surface area contributed by atoms with Crippen molar-refractivity contribution in [3.8, 4) is 11.4 Å². The standard InChI is InChI=1S/C20H17ClFN3O2/c1-11-3-5-15(12(2)7-11)19-23-20(27-24-19)13-8-18(26)25(10-13)14-4-6-17(22)16(21)9-14/h3-7,9,13H,8,10H2,1-2H3. The summed E-state index contributed by atoms with van der Waals surface area (Å²) in [5, 5.41) is 4.07. The molecule has 138 valence electrons. The summed E-state index contributed by atoms with van der Waals surface area (Å²) in [5.74, 6) is 0.119. The Kier molecular flexibility index (Phi) is 4.44. The van der Waals surface area contributed by atoms with Crippen molar-refractivity contribution in [3.05, 3.63) is 64.3 Å². The molecule has 3 aromatic rings. The highest BCUT2D eigenvalue weighted by molar-refractivity contribution is 6.31. The first-order valence-electron chi connectivity index (χ1n) is 8.59. The van der Waals surface area contributed by atoms with E-state index in [1.165, 1.54) is 18.2 Å². The van der Waals surface area contributed by atoms with E-state index in [4.69, 9.17) is 16.1 Å². The van der Waals surface area contributed by atoms with Crippen LogP contribution >= 0.6 is 11.6 Å². The lowest BCUT2D eigenvalue weighted by atomic mass is 10.1. The average Bonchev–Trinajstić information content (AvgIpc) is 3.24. The summed E-state index contributed by atoms with van der Waals surface area (Å²) in [4.78, 5) is 18.5. The molecule has 1 amide bonds. The number of anilines is 1. The number of amides is 1. The zero-order valence-corrected chi connectivity index (χ0v) is 15.6. The predicted molar refractivity (Wildman–Crippen MR) is 100 cm³/mol. The molecule has 2 heterocycles. The van der Waals surface area contributed by atoms with Gasteiger partial charge in [0.1, 0.15) is 5.82 Å². The van der Waals surface area contributed by atoms with Crippen LogP contribution in [-0.4, -0.2) is 22.6 Å². The Hall–Kier alpha value is -2.73. The van der Waals surface area contributed by atoms with Crippen LogP contribution in [0.5, 0.6) is 0 Å². The Balaban J connectivity index is 1.57. The first kappa shape index (κ1) is 17.7. The van der Waals surface area contributed by atoms with Gasteiger partial charge in [-0.2, -0.15) is 4.98 Å².